The van der Waals surface area contributed by atoms with Crippen LogP contribution in [0.4, 0.5) is 23.1 Å². The first kappa shape index (κ1) is 73.0. The van der Waals surface area contributed by atoms with Gasteiger partial charge < -0.3 is 65.1 Å². The highest BCUT2D eigenvalue weighted by atomic mass is 32.2. The minimum absolute atomic E-state index is 0.0465. The van der Waals surface area contributed by atoms with Crippen LogP contribution in [0.2, 0.25) is 0 Å². The first-order valence-corrected chi connectivity index (χ1v) is 37.4. The van der Waals surface area contributed by atoms with E-state index in [0.29, 0.717) is 62.0 Å². The van der Waals surface area contributed by atoms with Crippen molar-refractivity contribution in [3.8, 4) is 5.75 Å². The number of fused-ring (bicyclic) bond motifs is 4. The zero-order valence-corrected chi connectivity index (χ0v) is 56.8. The van der Waals surface area contributed by atoms with Crippen molar-refractivity contribution in [3.05, 3.63) is 102 Å². The van der Waals surface area contributed by atoms with Crippen molar-refractivity contribution in [2.24, 2.45) is 5.41 Å². The van der Waals surface area contributed by atoms with Crippen molar-refractivity contribution < 1.29 is 101 Å². The van der Waals surface area contributed by atoms with E-state index in [4.69, 9.17) is 25.0 Å². The maximum absolute atomic E-state index is 13.4. The highest BCUT2D eigenvalue weighted by Crippen LogP contribution is 2.66. The van der Waals surface area contributed by atoms with Gasteiger partial charge in [-0.15, -0.1) is 0 Å². The number of rotatable bonds is 29. The molecule has 4 aliphatic rings. The van der Waals surface area contributed by atoms with E-state index in [0.717, 1.165) is 52.3 Å². The van der Waals surface area contributed by atoms with Gasteiger partial charge in [0.2, 0.25) is 17.5 Å². The summed E-state index contributed by atoms with van der Waals surface area (Å²) in [6.07, 6.45) is 11.2. The molecule has 35 heteroatoms. The van der Waals surface area contributed by atoms with Crippen molar-refractivity contribution in [1.29, 1.82) is 0 Å². The number of ether oxygens (including phenoxy) is 2. The van der Waals surface area contributed by atoms with Crippen molar-refractivity contribution in [2.75, 3.05) is 54.5 Å². The zero-order chi connectivity index (χ0) is 68.4. The van der Waals surface area contributed by atoms with Gasteiger partial charge in [-0.25, -0.2) is 37.1 Å². The number of phosphoric ester groups is 1. The van der Waals surface area contributed by atoms with E-state index in [1.54, 1.807) is 0 Å². The average molecular weight is 1400 g/mol. The Balaban J connectivity index is 0.906. The molecule has 30 nitrogen and oxygen atoms in total. The molecule has 11 N–H and O–H groups in total. The van der Waals surface area contributed by atoms with Crippen LogP contribution in [0.5, 0.6) is 5.75 Å². The van der Waals surface area contributed by atoms with E-state index in [1.165, 1.54) is 22.8 Å². The number of aliphatic hydroxyl groups excluding tert-OH is 2. The van der Waals surface area contributed by atoms with Gasteiger partial charge in [0, 0.05) is 84.2 Å². The number of anilines is 3. The van der Waals surface area contributed by atoms with Gasteiger partial charge in [0.1, 0.15) is 42.7 Å². The molecule has 1 amide bonds. The molecule has 2 aromatic heterocycles. The van der Waals surface area contributed by atoms with Crippen molar-refractivity contribution in [2.45, 2.75) is 147 Å². The number of carbonyl (C=O) groups excluding carboxylic acids is 1. The molecule has 7 atom stereocenters. The summed E-state index contributed by atoms with van der Waals surface area (Å²) < 4.78 is 134. The van der Waals surface area contributed by atoms with Crippen molar-refractivity contribution in [1.82, 2.24) is 24.8 Å². The lowest BCUT2D eigenvalue weighted by molar-refractivity contribution is -0.437. The molecule has 8 rings (SSSR count). The third kappa shape index (κ3) is 17.8. The van der Waals surface area contributed by atoms with Crippen molar-refractivity contribution >= 4 is 101 Å². The number of hydrogen-bond acceptors (Lipinski definition) is 22. The number of unbranched alkanes of at least 4 members (excludes halogenated alkanes) is 3. The van der Waals surface area contributed by atoms with Crippen LogP contribution in [-0.4, -0.2) is 154 Å². The van der Waals surface area contributed by atoms with Crippen LogP contribution in [0.25, 0.3) is 22.3 Å². The SMILES string of the molecule is CCN1c2cc3c(cc2C(C)=CC1(C)C)C(=CC=CC=CC1=[N+](CCCS(=O)(=O)[O-])c2ccc(S(=O)(=O)O)cc2C1(C)CCCC(=O)NCCCCCCNc1nc2c(N)ncnc2n1[C@@H]1O[C@H](COP(=O)(O)OP(=O)(O)OP(=O)(O)O)[C@@H](O)[C@H]1O)C=C(C(C)(C)C)O3. The second-order valence-corrected chi connectivity index (χ2v) is 32.0. The predicted molar refractivity (Wildman–Crippen MR) is 343 cm³/mol. The van der Waals surface area contributed by atoms with Crippen LogP contribution in [0, 0.1) is 5.41 Å². The van der Waals surface area contributed by atoms with Crippen LogP contribution < -0.4 is 26.0 Å². The summed E-state index contributed by atoms with van der Waals surface area (Å²) in [5.41, 5.74) is 11.6. The molecule has 1 saturated heterocycles. The Hall–Kier alpha value is -5.86. The molecule has 0 bridgehead atoms. The van der Waals surface area contributed by atoms with E-state index in [-0.39, 0.29) is 70.6 Å². The van der Waals surface area contributed by atoms with E-state index >= 15 is 0 Å². The summed E-state index contributed by atoms with van der Waals surface area (Å²) in [6.45, 7) is 17.2. The number of phosphoric acid groups is 3. The lowest BCUT2D eigenvalue weighted by Gasteiger charge is -2.43. The molecule has 0 aliphatic carbocycles. The maximum atomic E-state index is 13.4. The maximum Gasteiger partial charge on any atom is 0.490 e. The third-order valence-electron chi connectivity index (χ3n) is 16.2. The Morgan fingerprint density at radius 1 is 0.914 bits per heavy atom. The largest absolute Gasteiger partial charge is 0.748 e. The quantitative estimate of drug-likeness (QED) is 0.00831. The van der Waals surface area contributed by atoms with Gasteiger partial charge in [-0.3, -0.25) is 18.4 Å². The normalized spacial score (nSPS) is 22.6. The number of nitrogen functional groups attached to an aromatic ring is 1. The first-order chi connectivity index (χ1) is 43.2. The topological polar surface area (TPSA) is 447 Å². The van der Waals surface area contributed by atoms with Gasteiger partial charge in [0.05, 0.1) is 32.6 Å². The Morgan fingerprint density at radius 2 is 1.62 bits per heavy atom. The molecule has 2 aromatic carbocycles. The predicted octanol–water partition coefficient (Wildman–Crippen LogP) is 7.41. The number of carbonyl (C=O) groups is 1. The fourth-order valence-corrected chi connectivity index (χ4v) is 15.9. The number of aliphatic hydroxyl groups is 2. The van der Waals surface area contributed by atoms with Gasteiger partial charge in [-0.2, -0.15) is 21.6 Å². The van der Waals surface area contributed by atoms with Gasteiger partial charge in [-0.1, -0.05) is 64.0 Å². The molecule has 1 fully saturated rings. The molecule has 4 aliphatic heterocycles. The molecule has 6 heterocycles. The number of benzene rings is 2. The summed E-state index contributed by atoms with van der Waals surface area (Å²) in [6, 6.07) is 8.46. The summed E-state index contributed by atoms with van der Waals surface area (Å²) in [5.74, 6) is 0.640. The second kappa shape index (κ2) is 28.5. The Morgan fingerprint density at radius 3 is 2.29 bits per heavy atom. The minimum atomic E-state index is -5.85. The summed E-state index contributed by atoms with van der Waals surface area (Å²) in [4.78, 5) is 65.1. The Labute approximate surface area is 539 Å². The Kier molecular flexibility index (Phi) is 22.3. The smallest absolute Gasteiger partial charge is 0.490 e. The number of nitrogens with two attached hydrogens (primary N) is 1. The highest BCUT2D eigenvalue weighted by Gasteiger charge is 2.50. The zero-order valence-electron chi connectivity index (χ0n) is 52.5. The van der Waals surface area contributed by atoms with Crippen LogP contribution in [0.15, 0.2) is 89.8 Å². The molecule has 3 unspecified atom stereocenters. The average Bonchev–Trinajstić information content (AvgIpc) is 1.73. The fourth-order valence-electron chi connectivity index (χ4n) is 11.9. The van der Waals surface area contributed by atoms with Crippen LogP contribution in [-0.2, 0) is 62.0 Å². The number of nitrogens with zero attached hydrogens (tertiary/aromatic N) is 6. The standard InChI is InChI=1S/C58H80N9O21P3S2/c1-9-66-43-32-44-40(31-39(43)36(2)33-57(66,6)7)37(29-47(85-44)56(3,4)5)19-13-12-14-20-46-58(8,41-30-38(93(81,82)83)22-23-42(41)65(46)27-18-28-92(78,79)80)24-17-21-48(68)60-25-15-10-11-16-26-61-55-64-49-52(59)62-35-63-53(49)67(55)54-51(70)50(69)45(86-54)34-84-90(74,75)88-91(76,77)87-89(71,72)73/h12-14,19-20,22-23,29-33,35,45,50-51,54,69-70H,9-11,15-18,21,24-28,34H2,1-8H3,(H9-,59,60,61,62,63,64,68,71,72,73,74,75,76,77,78,79,80,81,82,83)/t45-,50-,51-,54-,58?/m1/s1. The number of allylic oxidation sites excluding steroid dienone is 9. The Bertz CT molecular complexity index is 4100. The fraction of sp³-hybridized carbons (Fsp3) is 0.500. The molecule has 510 valence electrons. The molecule has 0 spiro atoms. The molecule has 93 heavy (non-hydrogen) atoms. The lowest BCUT2D eigenvalue weighted by Crippen LogP contribution is -2.45. The molecular formula is C58H80N9O21P3S2. The molecule has 4 aromatic rings. The van der Waals surface area contributed by atoms with Crippen LogP contribution in [0.3, 0.4) is 0 Å². The van der Waals surface area contributed by atoms with Gasteiger partial charge >= 0.3 is 23.5 Å². The lowest BCUT2D eigenvalue weighted by atomic mass is 9.75. The molecule has 0 radical (unpaired) electrons. The van der Waals surface area contributed by atoms with Gasteiger partial charge in [-0.05, 0) is 95.7 Å². The van der Waals surface area contributed by atoms with Gasteiger partial charge in [0.25, 0.3) is 10.1 Å². The van der Waals surface area contributed by atoms with Crippen molar-refractivity contribution in [3.63, 3.8) is 0 Å². The number of hydrogen-bond donors (Lipinski definition) is 10. The number of aromatic nitrogens is 4. The third-order valence-corrected chi connectivity index (χ3v) is 21.6. The van der Waals surface area contributed by atoms with Crippen LogP contribution in [0.1, 0.15) is 130 Å². The summed E-state index contributed by atoms with van der Waals surface area (Å²) in [7, 11) is -26.4. The first-order valence-electron chi connectivity index (χ1n) is 29.8. The number of likely N-dealkylation sites (N-methyl/N-ethyl adjacent to an activating group) is 1. The van der Waals surface area contributed by atoms with Crippen LogP contribution >= 0.6 is 23.5 Å². The summed E-state index contributed by atoms with van der Waals surface area (Å²) >= 11 is 0. The number of nitrogens with one attached hydrogen (secondary N) is 2. The van der Waals surface area contributed by atoms with E-state index in [2.05, 4.69) is 110 Å². The van der Waals surface area contributed by atoms with E-state index < -0.39 is 86.0 Å². The second-order valence-electron chi connectivity index (χ2n) is 24.7. The number of imidazole rings is 1. The van der Waals surface area contributed by atoms with E-state index in [9.17, 15) is 64.4 Å². The van der Waals surface area contributed by atoms with E-state index in [1.807, 2.05) is 48.0 Å². The minimum Gasteiger partial charge on any atom is -0.748 e. The summed E-state index contributed by atoms with van der Waals surface area (Å²) in [5, 5.41) is 28.0. The molecule has 0 saturated carbocycles. The monoisotopic (exact) mass is 1400 g/mol. The number of amides is 1. The molecular weight excluding hydrogens is 1320 g/mol. The van der Waals surface area contributed by atoms with Gasteiger partial charge in [0.15, 0.2) is 28.9 Å². The highest BCUT2D eigenvalue weighted by molar-refractivity contribution is 7.86.